The van der Waals surface area contributed by atoms with Crippen LogP contribution in [0.5, 0.6) is 0 Å². The zero-order valence-corrected chi connectivity index (χ0v) is 13.7. The highest BCUT2D eigenvalue weighted by Gasteiger charge is 2.57. The van der Waals surface area contributed by atoms with Gasteiger partial charge in [-0.2, -0.15) is 5.26 Å². The average Bonchev–Trinajstić information content (AvgIpc) is 3.14. The van der Waals surface area contributed by atoms with Crippen molar-refractivity contribution in [3.8, 4) is 6.07 Å². The molecule has 120 valence electrons. The van der Waals surface area contributed by atoms with E-state index in [1.807, 2.05) is 0 Å². The van der Waals surface area contributed by atoms with Gasteiger partial charge in [0.05, 0.1) is 23.9 Å². The minimum absolute atomic E-state index is 0.367. The van der Waals surface area contributed by atoms with E-state index < -0.39 is 10.5 Å². The zero-order chi connectivity index (χ0) is 15.6. The maximum absolute atomic E-state index is 11.2. The standard InChI is InChI=1S/C17H24ClN3O/c18-16(8-9-16)17(22,7-6-14-4-2-1-3-5-14)12-21-13-20-11-15(21)10-19/h11,13-14,22H,1-9,12H2. The molecule has 0 amide bonds. The molecule has 0 radical (unpaired) electrons. The molecule has 1 aromatic rings. The third-order valence-corrected chi connectivity index (χ3v) is 6.20. The molecule has 0 aliphatic heterocycles. The van der Waals surface area contributed by atoms with Crippen molar-refractivity contribution < 1.29 is 5.11 Å². The molecule has 2 aliphatic carbocycles. The molecule has 0 spiro atoms. The molecule has 2 aliphatic rings. The second kappa shape index (κ2) is 6.22. The third kappa shape index (κ3) is 3.16. The van der Waals surface area contributed by atoms with E-state index in [4.69, 9.17) is 16.9 Å². The summed E-state index contributed by atoms with van der Waals surface area (Å²) in [4.78, 5) is 3.50. The van der Waals surface area contributed by atoms with Gasteiger partial charge in [-0.1, -0.05) is 32.1 Å². The molecule has 22 heavy (non-hydrogen) atoms. The lowest BCUT2D eigenvalue weighted by Crippen LogP contribution is -2.45. The summed E-state index contributed by atoms with van der Waals surface area (Å²) in [6, 6.07) is 2.12. The number of imidazole rings is 1. The number of aliphatic hydroxyl groups is 1. The fraction of sp³-hybridized carbons (Fsp3) is 0.765. The minimum Gasteiger partial charge on any atom is -0.386 e. The van der Waals surface area contributed by atoms with Gasteiger partial charge in [-0.25, -0.2) is 4.98 Å². The van der Waals surface area contributed by atoms with E-state index in [0.717, 1.165) is 25.2 Å². The fourth-order valence-corrected chi connectivity index (χ4v) is 4.01. The highest BCUT2D eigenvalue weighted by Crippen LogP contribution is 2.54. The van der Waals surface area contributed by atoms with E-state index >= 15 is 0 Å². The molecule has 1 unspecified atom stereocenters. The first-order valence-electron chi connectivity index (χ1n) is 8.38. The molecule has 1 N–H and O–H groups in total. The first kappa shape index (κ1) is 15.8. The van der Waals surface area contributed by atoms with Crippen LogP contribution in [0.15, 0.2) is 12.5 Å². The van der Waals surface area contributed by atoms with Crippen molar-refractivity contribution in [3.63, 3.8) is 0 Å². The van der Waals surface area contributed by atoms with E-state index in [-0.39, 0.29) is 0 Å². The molecule has 2 saturated carbocycles. The second-order valence-corrected chi connectivity index (χ2v) is 7.78. The summed E-state index contributed by atoms with van der Waals surface area (Å²) in [7, 11) is 0. The Hall–Kier alpha value is -1.05. The van der Waals surface area contributed by atoms with Gasteiger partial charge in [0.2, 0.25) is 0 Å². The minimum atomic E-state index is -0.946. The van der Waals surface area contributed by atoms with Gasteiger partial charge >= 0.3 is 0 Å². The number of nitrogens with zero attached hydrogens (tertiary/aromatic N) is 3. The van der Waals surface area contributed by atoms with E-state index in [9.17, 15) is 5.11 Å². The van der Waals surface area contributed by atoms with E-state index in [2.05, 4.69) is 11.1 Å². The average molecular weight is 322 g/mol. The van der Waals surface area contributed by atoms with E-state index in [1.54, 1.807) is 10.9 Å². The topological polar surface area (TPSA) is 61.8 Å². The van der Waals surface area contributed by atoms with Crippen LogP contribution < -0.4 is 0 Å². The molecule has 1 aromatic heterocycles. The highest BCUT2D eigenvalue weighted by molar-refractivity contribution is 6.26. The molecule has 1 atom stereocenters. The van der Waals surface area contributed by atoms with Crippen LogP contribution >= 0.6 is 11.6 Å². The highest BCUT2D eigenvalue weighted by atomic mass is 35.5. The van der Waals surface area contributed by atoms with Crippen LogP contribution in [-0.4, -0.2) is 25.1 Å². The molecule has 3 rings (SSSR count). The Balaban J connectivity index is 1.70. The second-order valence-electron chi connectivity index (χ2n) is 7.06. The van der Waals surface area contributed by atoms with Crippen molar-refractivity contribution in [2.45, 2.75) is 74.8 Å². The van der Waals surface area contributed by atoms with Crippen molar-refractivity contribution in [2.75, 3.05) is 0 Å². The molecule has 0 saturated heterocycles. The van der Waals surface area contributed by atoms with Crippen molar-refractivity contribution in [1.29, 1.82) is 5.26 Å². The lowest BCUT2D eigenvalue weighted by molar-refractivity contribution is -0.00456. The molecule has 4 nitrogen and oxygen atoms in total. The quantitative estimate of drug-likeness (QED) is 0.814. The van der Waals surface area contributed by atoms with Gasteiger partial charge in [0, 0.05) is 0 Å². The predicted octanol–water partition coefficient (Wildman–Crippen LogP) is 3.62. The Morgan fingerprint density at radius 3 is 2.77 bits per heavy atom. The Morgan fingerprint density at radius 1 is 1.41 bits per heavy atom. The first-order valence-corrected chi connectivity index (χ1v) is 8.76. The van der Waals surface area contributed by atoms with Gasteiger partial charge < -0.3 is 9.67 Å². The molecule has 2 fully saturated rings. The van der Waals surface area contributed by atoms with Crippen LogP contribution in [0.25, 0.3) is 0 Å². The third-order valence-electron chi connectivity index (χ3n) is 5.47. The molecular formula is C17H24ClN3O. The maximum Gasteiger partial charge on any atom is 0.139 e. The van der Waals surface area contributed by atoms with Crippen molar-refractivity contribution in [2.24, 2.45) is 5.92 Å². The van der Waals surface area contributed by atoms with Gasteiger partial charge in [0.25, 0.3) is 0 Å². The summed E-state index contributed by atoms with van der Waals surface area (Å²) < 4.78 is 1.74. The van der Waals surface area contributed by atoms with Crippen LogP contribution in [0, 0.1) is 17.2 Å². The molecule has 1 heterocycles. The zero-order valence-electron chi connectivity index (χ0n) is 13.0. The molecule has 0 bridgehead atoms. The summed E-state index contributed by atoms with van der Waals surface area (Å²) in [5.74, 6) is 0.720. The summed E-state index contributed by atoms with van der Waals surface area (Å²) in [6.45, 7) is 0.367. The molecule has 5 heteroatoms. The van der Waals surface area contributed by atoms with Crippen LogP contribution in [0.2, 0.25) is 0 Å². The monoisotopic (exact) mass is 321 g/mol. The lowest BCUT2D eigenvalue weighted by atomic mass is 9.81. The number of alkyl halides is 1. The van der Waals surface area contributed by atoms with Gasteiger partial charge in [-0.3, -0.25) is 0 Å². The predicted molar refractivity (Wildman–Crippen MR) is 85.5 cm³/mol. The summed E-state index contributed by atoms with van der Waals surface area (Å²) in [5.41, 5.74) is -0.463. The number of halogens is 1. The number of hydrogen-bond donors (Lipinski definition) is 1. The van der Waals surface area contributed by atoms with Crippen molar-refractivity contribution in [1.82, 2.24) is 9.55 Å². The van der Waals surface area contributed by atoms with Crippen molar-refractivity contribution in [3.05, 3.63) is 18.2 Å². The number of rotatable bonds is 6. The molecular weight excluding hydrogens is 298 g/mol. The maximum atomic E-state index is 11.2. The van der Waals surface area contributed by atoms with Crippen LogP contribution in [-0.2, 0) is 6.54 Å². The van der Waals surface area contributed by atoms with E-state index in [0.29, 0.717) is 18.7 Å². The van der Waals surface area contributed by atoms with Gasteiger partial charge in [0.15, 0.2) is 0 Å². The van der Waals surface area contributed by atoms with Crippen molar-refractivity contribution >= 4 is 11.6 Å². The number of nitriles is 1. The summed E-state index contributed by atoms with van der Waals surface area (Å²) in [5, 5.41) is 20.4. The Morgan fingerprint density at radius 2 is 2.14 bits per heavy atom. The smallest absolute Gasteiger partial charge is 0.139 e. The fourth-order valence-electron chi connectivity index (χ4n) is 3.76. The Labute approximate surface area is 137 Å². The number of aromatic nitrogens is 2. The first-order chi connectivity index (χ1) is 10.6. The lowest BCUT2D eigenvalue weighted by Gasteiger charge is -2.35. The normalized spacial score (nSPS) is 23.7. The largest absolute Gasteiger partial charge is 0.386 e. The number of hydrogen-bond acceptors (Lipinski definition) is 3. The van der Waals surface area contributed by atoms with E-state index in [1.165, 1.54) is 38.3 Å². The van der Waals surface area contributed by atoms with Crippen LogP contribution in [0.4, 0.5) is 0 Å². The van der Waals surface area contributed by atoms with Gasteiger partial charge in [0.1, 0.15) is 17.4 Å². The SMILES string of the molecule is N#Cc1cncn1CC(O)(CCC1CCCCC1)C1(Cl)CC1. The van der Waals surface area contributed by atoms with Crippen LogP contribution in [0.1, 0.15) is 63.5 Å². The van der Waals surface area contributed by atoms with Gasteiger partial charge in [-0.15, -0.1) is 11.6 Å². The van der Waals surface area contributed by atoms with Gasteiger partial charge in [-0.05, 0) is 31.6 Å². The summed E-state index contributed by atoms with van der Waals surface area (Å²) >= 11 is 6.61. The summed E-state index contributed by atoms with van der Waals surface area (Å²) in [6.07, 6.45) is 13.1. The van der Waals surface area contributed by atoms with Crippen LogP contribution in [0.3, 0.4) is 0 Å². The Kier molecular flexibility index (Phi) is 4.47. The Bertz CT molecular complexity index is 554. The molecule has 0 aromatic carbocycles.